The summed E-state index contributed by atoms with van der Waals surface area (Å²) in [4.78, 5) is 11.1. The monoisotopic (exact) mass is 276 g/mol. The molecule has 2 aliphatic rings. The average Bonchev–Trinajstić information content (AvgIpc) is 2.76. The molecule has 2 fully saturated rings. The van der Waals surface area contributed by atoms with Crippen LogP contribution in [0.1, 0.15) is 13.8 Å². The molecule has 0 spiro atoms. The van der Waals surface area contributed by atoms with Crippen LogP contribution in [0.25, 0.3) is 0 Å². The normalized spacial score (nSPS) is 38.2. The molecule has 4 atom stereocenters. The molecular weight excluding hydrogens is 260 g/mol. The Kier molecular flexibility index (Phi) is 4.08. The van der Waals surface area contributed by atoms with Gasteiger partial charge in [-0.25, -0.2) is 0 Å². The minimum absolute atomic E-state index is 0.0479. The lowest BCUT2D eigenvalue weighted by Gasteiger charge is -2.23. The van der Waals surface area contributed by atoms with Gasteiger partial charge in [0.05, 0.1) is 5.88 Å². The van der Waals surface area contributed by atoms with E-state index in [2.05, 4.69) is 0 Å². The number of alkyl halides is 1. The molecule has 2 heterocycles. The fraction of sp³-hybridized carbons (Fsp3) is 0.750. The minimum atomic E-state index is -0.674. The number of methoxy groups -OCH3 is 1. The van der Waals surface area contributed by atoms with Gasteiger partial charge in [-0.15, -0.1) is 11.6 Å². The number of hydrogen-bond donors (Lipinski definition) is 0. The van der Waals surface area contributed by atoms with E-state index in [4.69, 9.17) is 30.5 Å². The van der Waals surface area contributed by atoms with Gasteiger partial charge in [0, 0.05) is 7.11 Å². The Morgan fingerprint density at radius 2 is 2.17 bits per heavy atom. The van der Waals surface area contributed by atoms with Crippen LogP contribution in [-0.4, -0.2) is 49.2 Å². The average molecular weight is 277 g/mol. The lowest BCUT2D eigenvalue weighted by molar-refractivity contribution is -0.210. The van der Waals surface area contributed by atoms with Crippen LogP contribution >= 0.6 is 11.6 Å². The Bertz CT molecular complexity index is 354. The Morgan fingerprint density at radius 3 is 2.78 bits per heavy atom. The van der Waals surface area contributed by atoms with Crippen molar-refractivity contribution < 1.29 is 23.7 Å². The quantitative estimate of drug-likeness (QED) is 0.571. The second-order valence-corrected chi connectivity index (χ2v) is 5.00. The third-order valence-corrected chi connectivity index (χ3v) is 3.17. The highest BCUT2D eigenvalue weighted by molar-refractivity contribution is 6.29. The summed E-state index contributed by atoms with van der Waals surface area (Å²) in [5.74, 6) is -0.894. The molecule has 2 rings (SSSR count). The molecule has 18 heavy (non-hydrogen) atoms. The molecule has 0 aromatic heterocycles. The Balaban J connectivity index is 2.04. The van der Waals surface area contributed by atoms with Gasteiger partial charge in [-0.3, -0.25) is 4.79 Å². The predicted octanol–water partition coefficient (Wildman–Crippen LogP) is 1.24. The van der Waals surface area contributed by atoms with Gasteiger partial charge in [0.2, 0.25) is 0 Å². The van der Waals surface area contributed by atoms with Gasteiger partial charge in [-0.05, 0) is 26.0 Å². The second kappa shape index (κ2) is 5.27. The Labute approximate surface area is 111 Å². The largest absolute Gasteiger partial charge is 0.375 e. The first-order valence-corrected chi connectivity index (χ1v) is 6.31. The standard InChI is InChI=1S/C12H17ClO5/c1-12(2)17-10-9(15-3)8(16-11(10)18-12)5-4-7(14)6-13/h4-5,8-11H,6H2,1-3H3/b5-4+. The van der Waals surface area contributed by atoms with E-state index in [-0.39, 0.29) is 30.0 Å². The van der Waals surface area contributed by atoms with Crippen molar-refractivity contribution in [2.45, 2.75) is 44.2 Å². The van der Waals surface area contributed by atoms with Crippen LogP contribution in [0.3, 0.4) is 0 Å². The molecule has 102 valence electrons. The summed E-state index contributed by atoms with van der Waals surface area (Å²) >= 11 is 5.42. The molecule has 0 aromatic rings. The topological polar surface area (TPSA) is 54.0 Å². The number of fused-ring (bicyclic) bond motifs is 1. The Hall–Kier alpha value is -0.460. The summed E-state index contributed by atoms with van der Waals surface area (Å²) in [6.07, 6.45) is 1.62. The number of rotatable bonds is 4. The van der Waals surface area contributed by atoms with Crippen LogP contribution in [0.5, 0.6) is 0 Å². The molecule has 0 saturated carbocycles. The first-order chi connectivity index (χ1) is 8.46. The van der Waals surface area contributed by atoms with E-state index in [1.54, 1.807) is 13.2 Å². The van der Waals surface area contributed by atoms with Crippen LogP contribution in [0, 0.1) is 0 Å². The third-order valence-electron chi connectivity index (χ3n) is 2.90. The second-order valence-electron chi connectivity index (χ2n) is 4.73. The number of ether oxygens (including phenoxy) is 4. The van der Waals surface area contributed by atoms with Gasteiger partial charge in [0.1, 0.15) is 18.3 Å². The molecule has 5 nitrogen and oxygen atoms in total. The van der Waals surface area contributed by atoms with Crippen LogP contribution in [0.15, 0.2) is 12.2 Å². The van der Waals surface area contributed by atoms with E-state index in [0.29, 0.717) is 0 Å². The van der Waals surface area contributed by atoms with Crippen LogP contribution in [0.2, 0.25) is 0 Å². The lowest BCUT2D eigenvalue weighted by Crippen LogP contribution is -2.35. The predicted molar refractivity (Wildman–Crippen MR) is 64.4 cm³/mol. The number of allylic oxidation sites excluding steroid dienone is 1. The molecule has 2 aliphatic heterocycles. The third kappa shape index (κ3) is 2.75. The van der Waals surface area contributed by atoms with Crippen molar-refractivity contribution in [1.82, 2.24) is 0 Å². The molecule has 0 aliphatic carbocycles. The zero-order valence-corrected chi connectivity index (χ0v) is 11.3. The smallest absolute Gasteiger partial charge is 0.190 e. The fourth-order valence-corrected chi connectivity index (χ4v) is 2.26. The lowest BCUT2D eigenvalue weighted by atomic mass is 10.1. The highest BCUT2D eigenvalue weighted by Gasteiger charge is 2.54. The maximum absolute atomic E-state index is 11.1. The fourth-order valence-electron chi connectivity index (χ4n) is 2.17. The summed E-state index contributed by atoms with van der Waals surface area (Å²) < 4.78 is 22.4. The highest BCUT2D eigenvalue weighted by Crippen LogP contribution is 2.38. The van der Waals surface area contributed by atoms with Crippen molar-refractivity contribution in [2.75, 3.05) is 13.0 Å². The first-order valence-electron chi connectivity index (χ1n) is 5.78. The molecule has 0 aromatic carbocycles. The van der Waals surface area contributed by atoms with Gasteiger partial charge in [0.15, 0.2) is 17.9 Å². The number of carbonyl (C=O) groups excluding carboxylic acids is 1. The van der Waals surface area contributed by atoms with Crippen LogP contribution < -0.4 is 0 Å². The van der Waals surface area contributed by atoms with Gasteiger partial charge < -0.3 is 18.9 Å². The van der Waals surface area contributed by atoms with Crippen molar-refractivity contribution >= 4 is 17.4 Å². The van der Waals surface area contributed by atoms with Crippen molar-refractivity contribution in [3.8, 4) is 0 Å². The zero-order valence-electron chi connectivity index (χ0n) is 10.6. The molecule has 0 N–H and O–H groups in total. The summed E-state index contributed by atoms with van der Waals surface area (Å²) in [5.41, 5.74) is 0. The van der Waals surface area contributed by atoms with Crippen molar-refractivity contribution in [1.29, 1.82) is 0 Å². The highest BCUT2D eigenvalue weighted by atomic mass is 35.5. The van der Waals surface area contributed by atoms with E-state index < -0.39 is 12.1 Å². The van der Waals surface area contributed by atoms with Crippen molar-refractivity contribution in [3.63, 3.8) is 0 Å². The van der Waals surface area contributed by atoms with Crippen molar-refractivity contribution in [2.24, 2.45) is 0 Å². The summed E-state index contributed by atoms with van der Waals surface area (Å²) in [5, 5.41) is 0. The number of ketones is 1. The van der Waals surface area contributed by atoms with E-state index >= 15 is 0 Å². The first kappa shape index (κ1) is 14.0. The molecule has 0 radical (unpaired) electrons. The van der Waals surface area contributed by atoms with Crippen LogP contribution in [-0.2, 0) is 23.7 Å². The molecule has 0 amide bonds. The van der Waals surface area contributed by atoms with E-state index in [9.17, 15) is 4.79 Å². The maximum atomic E-state index is 11.1. The molecule has 2 saturated heterocycles. The number of hydrogen-bond acceptors (Lipinski definition) is 5. The molecule has 4 unspecified atom stereocenters. The van der Waals surface area contributed by atoms with Crippen molar-refractivity contribution in [3.05, 3.63) is 12.2 Å². The number of carbonyl (C=O) groups is 1. The summed E-state index contributed by atoms with van der Waals surface area (Å²) in [6.45, 7) is 3.65. The molecule has 0 bridgehead atoms. The molecule has 6 heteroatoms. The van der Waals surface area contributed by atoms with E-state index in [1.165, 1.54) is 6.08 Å². The minimum Gasteiger partial charge on any atom is -0.375 e. The molecular formula is C12H17ClO5. The van der Waals surface area contributed by atoms with Gasteiger partial charge in [-0.2, -0.15) is 0 Å². The maximum Gasteiger partial charge on any atom is 0.190 e. The SMILES string of the molecule is COC1C(/C=C/C(=O)CCl)OC2OC(C)(C)OC21. The van der Waals surface area contributed by atoms with Gasteiger partial charge >= 0.3 is 0 Å². The summed E-state index contributed by atoms with van der Waals surface area (Å²) in [7, 11) is 1.58. The van der Waals surface area contributed by atoms with E-state index in [1.807, 2.05) is 13.8 Å². The Morgan fingerprint density at radius 1 is 1.44 bits per heavy atom. The zero-order chi connectivity index (χ0) is 13.3. The number of halogens is 1. The van der Waals surface area contributed by atoms with Gasteiger partial charge in [0.25, 0.3) is 0 Å². The van der Waals surface area contributed by atoms with Crippen LogP contribution in [0.4, 0.5) is 0 Å². The van der Waals surface area contributed by atoms with Gasteiger partial charge in [-0.1, -0.05) is 0 Å². The summed E-state index contributed by atoms with van der Waals surface area (Å²) in [6, 6.07) is 0. The van der Waals surface area contributed by atoms with E-state index in [0.717, 1.165) is 0 Å².